The molecular weight excluding hydrogens is 266 g/mol. The molecule has 4 nitrogen and oxygen atoms in total. The Morgan fingerprint density at radius 3 is 2.38 bits per heavy atom. The number of rotatable bonds is 4. The standard InChI is InChI=1S/C17H27NO3/c1-5-6-13-14(16(19)20)21-15(18-13)11-7-9-12(10-8-11)17(2,3)4/h11-12H,5-10H2,1-4H3,(H,19,20). The van der Waals surface area contributed by atoms with Gasteiger partial charge >= 0.3 is 5.97 Å². The monoisotopic (exact) mass is 293 g/mol. The largest absolute Gasteiger partial charge is 0.475 e. The summed E-state index contributed by atoms with van der Waals surface area (Å²) in [6, 6.07) is 0. The number of oxazole rings is 1. The van der Waals surface area contributed by atoms with Crippen LogP contribution in [0.4, 0.5) is 0 Å². The summed E-state index contributed by atoms with van der Waals surface area (Å²) >= 11 is 0. The number of carboxylic acid groups (broad SMARTS) is 1. The summed E-state index contributed by atoms with van der Waals surface area (Å²) in [6.45, 7) is 8.91. The van der Waals surface area contributed by atoms with Gasteiger partial charge in [0.15, 0.2) is 5.89 Å². The van der Waals surface area contributed by atoms with Gasteiger partial charge in [-0.1, -0.05) is 34.1 Å². The summed E-state index contributed by atoms with van der Waals surface area (Å²) in [5, 5.41) is 9.22. The Bertz CT molecular complexity index is 491. The molecular formula is C17H27NO3. The molecule has 0 bridgehead atoms. The van der Waals surface area contributed by atoms with Gasteiger partial charge in [0.1, 0.15) is 0 Å². The maximum absolute atomic E-state index is 11.2. The summed E-state index contributed by atoms with van der Waals surface area (Å²) in [7, 11) is 0. The molecule has 0 amide bonds. The Morgan fingerprint density at radius 1 is 1.29 bits per heavy atom. The van der Waals surface area contributed by atoms with E-state index in [4.69, 9.17) is 4.42 Å². The van der Waals surface area contributed by atoms with Gasteiger partial charge in [0, 0.05) is 5.92 Å². The van der Waals surface area contributed by atoms with Crippen LogP contribution in [0.1, 0.15) is 87.9 Å². The Morgan fingerprint density at radius 2 is 1.90 bits per heavy atom. The molecule has 4 heteroatoms. The summed E-state index contributed by atoms with van der Waals surface area (Å²) in [4.78, 5) is 15.7. The van der Waals surface area contributed by atoms with Crippen molar-refractivity contribution in [3.63, 3.8) is 0 Å². The van der Waals surface area contributed by atoms with Crippen LogP contribution in [-0.4, -0.2) is 16.1 Å². The van der Waals surface area contributed by atoms with Crippen LogP contribution >= 0.6 is 0 Å². The van der Waals surface area contributed by atoms with Crippen LogP contribution in [-0.2, 0) is 6.42 Å². The number of hydrogen-bond acceptors (Lipinski definition) is 3. The van der Waals surface area contributed by atoms with Crippen LogP contribution in [0.5, 0.6) is 0 Å². The zero-order valence-corrected chi connectivity index (χ0v) is 13.6. The molecule has 2 rings (SSSR count). The SMILES string of the molecule is CCCc1nc(C2CCC(C(C)(C)C)CC2)oc1C(=O)O. The molecule has 21 heavy (non-hydrogen) atoms. The third kappa shape index (κ3) is 3.66. The number of carbonyl (C=O) groups is 1. The predicted octanol–water partition coefficient (Wildman–Crippen LogP) is 4.65. The highest BCUT2D eigenvalue weighted by Crippen LogP contribution is 2.43. The first kappa shape index (κ1) is 16.1. The smallest absolute Gasteiger partial charge is 0.373 e. The Hall–Kier alpha value is -1.32. The van der Waals surface area contributed by atoms with E-state index in [1.165, 1.54) is 12.8 Å². The third-order valence-electron chi connectivity index (χ3n) is 4.70. The average molecular weight is 293 g/mol. The van der Waals surface area contributed by atoms with E-state index in [9.17, 15) is 9.90 Å². The zero-order valence-electron chi connectivity index (χ0n) is 13.6. The van der Waals surface area contributed by atoms with E-state index in [-0.39, 0.29) is 11.7 Å². The lowest BCUT2D eigenvalue weighted by molar-refractivity contribution is 0.0656. The molecule has 0 spiro atoms. The molecule has 1 saturated carbocycles. The van der Waals surface area contributed by atoms with Gasteiger partial charge in [-0.15, -0.1) is 0 Å². The predicted molar refractivity (Wildman–Crippen MR) is 81.6 cm³/mol. The first-order valence-corrected chi connectivity index (χ1v) is 8.05. The number of carboxylic acids is 1. The Balaban J connectivity index is 2.10. The zero-order chi connectivity index (χ0) is 15.6. The average Bonchev–Trinajstić information content (AvgIpc) is 2.82. The van der Waals surface area contributed by atoms with Crippen molar-refractivity contribution in [2.45, 2.75) is 72.1 Å². The molecule has 0 saturated heterocycles. The fourth-order valence-electron chi connectivity index (χ4n) is 3.32. The van der Waals surface area contributed by atoms with Gasteiger partial charge in [-0.2, -0.15) is 0 Å². The minimum Gasteiger partial charge on any atom is -0.475 e. The maximum atomic E-state index is 11.2. The molecule has 0 unspecified atom stereocenters. The van der Waals surface area contributed by atoms with Gasteiger partial charge in [-0.3, -0.25) is 0 Å². The molecule has 0 aromatic carbocycles. The highest BCUT2D eigenvalue weighted by molar-refractivity contribution is 5.85. The van der Waals surface area contributed by atoms with Crippen molar-refractivity contribution >= 4 is 5.97 Å². The summed E-state index contributed by atoms with van der Waals surface area (Å²) < 4.78 is 5.58. The number of aromatic nitrogens is 1. The van der Waals surface area contributed by atoms with Crippen LogP contribution < -0.4 is 0 Å². The van der Waals surface area contributed by atoms with E-state index in [1.54, 1.807) is 0 Å². The van der Waals surface area contributed by atoms with E-state index in [0.717, 1.165) is 25.2 Å². The lowest BCUT2D eigenvalue weighted by atomic mass is 9.70. The molecule has 1 aromatic rings. The van der Waals surface area contributed by atoms with E-state index < -0.39 is 5.97 Å². The quantitative estimate of drug-likeness (QED) is 0.878. The molecule has 1 fully saturated rings. The minimum absolute atomic E-state index is 0.0461. The highest BCUT2D eigenvalue weighted by Gasteiger charge is 2.33. The topological polar surface area (TPSA) is 63.3 Å². The van der Waals surface area contributed by atoms with E-state index in [2.05, 4.69) is 25.8 Å². The molecule has 1 aromatic heterocycles. The van der Waals surface area contributed by atoms with Crippen molar-refractivity contribution in [3.8, 4) is 0 Å². The lowest BCUT2D eigenvalue weighted by Crippen LogP contribution is -2.25. The minimum atomic E-state index is -0.999. The molecule has 0 radical (unpaired) electrons. The molecule has 1 aliphatic carbocycles. The van der Waals surface area contributed by atoms with Gasteiger partial charge < -0.3 is 9.52 Å². The molecule has 0 aliphatic heterocycles. The van der Waals surface area contributed by atoms with E-state index in [1.807, 2.05) is 6.92 Å². The normalized spacial score (nSPS) is 23.2. The molecule has 1 aliphatic rings. The first-order valence-electron chi connectivity index (χ1n) is 8.05. The summed E-state index contributed by atoms with van der Waals surface area (Å²) in [5.41, 5.74) is 0.958. The molecule has 0 atom stereocenters. The van der Waals surface area contributed by atoms with Gasteiger partial charge in [-0.05, 0) is 43.4 Å². The Labute approximate surface area is 127 Å². The number of hydrogen-bond donors (Lipinski definition) is 1. The third-order valence-corrected chi connectivity index (χ3v) is 4.70. The summed E-state index contributed by atoms with van der Waals surface area (Å²) in [5.74, 6) is 0.707. The first-order chi connectivity index (χ1) is 9.82. The van der Waals surface area contributed by atoms with E-state index >= 15 is 0 Å². The highest BCUT2D eigenvalue weighted by atomic mass is 16.4. The molecule has 1 heterocycles. The van der Waals surface area contributed by atoms with Gasteiger partial charge in [0.2, 0.25) is 5.76 Å². The maximum Gasteiger partial charge on any atom is 0.373 e. The second-order valence-corrected chi connectivity index (χ2v) is 7.30. The molecule has 118 valence electrons. The van der Waals surface area contributed by atoms with Crippen molar-refractivity contribution in [2.75, 3.05) is 0 Å². The van der Waals surface area contributed by atoms with Gasteiger partial charge in [0.05, 0.1) is 5.69 Å². The lowest BCUT2D eigenvalue weighted by Gasteiger charge is -2.36. The van der Waals surface area contributed by atoms with E-state index in [0.29, 0.717) is 23.4 Å². The fraction of sp³-hybridized carbons (Fsp3) is 0.765. The fourth-order valence-corrected chi connectivity index (χ4v) is 3.32. The molecule has 1 N–H and O–H groups in total. The number of nitrogens with zero attached hydrogens (tertiary/aromatic N) is 1. The van der Waals surface area contributed by atoms with Crippen molar-refractivity contribution in [1.29, 1.82) is 0 Å². The summed E-state index contributed by atoms with van der Waals surface area (Å²) in [6.07, 6.45) is 5.98. The van der Waals surface area contributed by atoms with Crippen LogP contribution in [0.15, 0.2) is 4.42 Å². The van der Waals surface area contributed by atoms with Crippen LogP contribution in [0.2, 0.25) is 0 Å². The van der Waals surface area contributed by atoms with Crippen LogP contribution in [0, 0.1) is 11.3 Å². The van der Waals surface area contributed by atoms with Crippen LogP contribution in [0.25, 0.3) is 0 Å². The van der Waals surface area contributed by atoms with Crippen molar-refractivity contribution < 1.29 is 14.3 Å². The van der Waals surface area contributed by atoms with Crippen molar-refractivity contribution in [1.82, 2.24) is 4.98 Å². The Kier molecular flexibility index (Phi) is 4.74. The second kappa shape index (κ2) is 6.20. The van der Waals surface area contributed by atoms with Gasteiger partial charge in [-0.25, -0.2) is 9.78 Å². The van der Waals surface area contributed by atoms with Gasteiger partial charge in [0.25, 0.3) is 0 Å². The number of aryl methyl sites for hydroxylation is 1. The van der Waals surface area contributed by atoms with Crippen molar-refractivity contribution in [3.05, 3.63) is 17.3 Å². The van der Waals surface area contributed by atoms with Crippen LogP contribution in [0.3, 0.4) is 0 Å². The number of aromatic carboxylic acids is 1. The van der Waals surface area contributed by atoms with Crippen molar-refractivity contribution in [2.24, 2.45) is 11.3 Å². The second-order valence-electron chi connectivity index (χ2n) is 7.30.